The summed E-state index contributed by atoms with van der Waals surface area (Å²) in [6.45, 7) is 8.26. The van der Waals surface area contributed by atoms with Gasteiger partial charge in [0.25, 0.3) is 0 Å². The molecule has 0 spiro atoms. The SMILES string of the molecule is CCC(=O)N(Cc1ccc(F)cc1)C(C)C(=O)NCCN1CCOCC1. The molecule has 1 N–H and O–H groups in total. The molecule has 1 aliphatic heterocycles. The number of rotatable bonds is 8. The van der Waals surface area contributed by atoms with Crippen LogP contribution in [-0.2, 0) is 20.9 Å². The van der Waals surface area contributed by atoms with Gasteiger partial charge in [0.1, 0.15) is 11.9 Å². The fourth-order valence-corrected chi connectivity index (χ4v) is 2.88. The number of nitrogens with zero attached hydrogens (tertiary/aromatic N) is 2. The van der Waals surface area contributed by atoms with Crippen molar-refractivity contribution in [3.63, 3.8) is 0 Å². The molecule has 1 fully saturated rings. The molecule has 144 valence electrons. The molecule has 0 aliphatic carbocycles. The van der Waals surface area contributed by atoms with E-state index in [9.17, 15) is 14.0 Å². The summed E-state index contributed by atoms with van der Waals surface area (Å²) in [5.74, 6) is -0.608. The van der Waals surface area contributed by atoms with Crippen molar-refractivity contribution in [2.75, 3.05) is 39.4 Å². The van der Waals surface area contributed by atoms with Crippen molar-refractivity contribution in [1.29, 1.82) is 0 Å². The highest BCUT2D eigenvalue weighted by Gasteiger charge is 2.25. The Labute approximate surface area is 154 Å². The Hall–Kier alpha value is -1.99. The van der Waals surface area contributed by atoms with Crippen LogP contribution in [0.25, 0.3) is 0 Å². The minimum atomic E-state index is -0.586. The predicted molar refractivity (Wildman–Crippen MR) is 97.0 cm³/mol. The first-order valence-corrected chi connectivity index (χ1v) is 9.13. The Bertz CT molecular complexity index is 588. The van der Waals surface area contributed by atoms with Gasteiger partial charge in [-0.15, -0.1) is 0 Å². The zero-order valence-corrected chi connectivity index (χ0v) is 15.5. The smallest absolute Gasteiger partial charge is 0.242 e. The number of benzene rings is 1. The van der Waals surface area contributed by atoms with Gasteiger partial charge in [0, 0.05) is 39.1 Å². The van der Waals surface area contributed by atoms with Crippen molar-refractivity contribution in [2.45, 2.75) is 32.9 Å². The highest BCUT2D eigenvalue weighted by molar-refractivity contribution is 5.87. The second-order valence-corrected chi connectivity index (χ2v) is 6.42. The monoisotopic (exact) mass is 365 g/mol. The van der Waals surface area contributed by atoms with E-state index in [1.54, 1.807) is 26.0 Å². The van der Waals surface area contributed by atoms with Crippen LogP contribution in [0.5, 0.6) is 0 Å². The molecular formula is C19H28FN3O3. The van der Waals surface area contributed by atoms with Crippen LogP contribution in [0.1, 0.15) is 25.8 Å². The Kier molecular flexibility index (Phi) is 8.00. The van der Waals surface area contributed by atoms with Gasteiger partial charge < -0.3 is 15.0 Å². The molecule has 1 aromatic carbocycles. The third-order valence-electron chi connectivity index (χ3n) is 4.57. The average molecular weight is 365 g/mol. The van der Waals surface area contributed by atoms with Crippen LogP contribution in [-0.4, -0.2) is 67.0 Å². The Morgan fingerprint density at radius 3 is 2.54 bits per heavy atom. The fraction of sp³-hybridized carbons (Fsp3) is 0.579. The molecule has 1 heterocycles. The van der Waals surface area contributed by atoms with Crippen molar-refractivity contribution >= 4 is 11.8 Å². The first kappa shape index (κ1) is 20.3. The fourth-order valence-electron chi connectivity index (χ4n) is 2.88. The number of morpholine rings is 1. The molecule has 0 aromatic heterocycles. The summed E-state index contributed by atoms with van der Waals surface area (Å²) in [5.41, 5.74) is 0.793. The molecular weight excluding hydrogens is 337 g/mol. The quantitative estimate of drug-likeness (QED) is 0.757. The van der Waals surface area contributed by atoms with Crippen molar-refractivity contribution in [1.82, 2.24) is 15.1 Å². The molecule has 26 heavy (non-hydrogen) atoms. The van der Waals surface area contributed by atoms with E-state index in [-0.39, 0.29) is 24.2 Å². The van der Waals surface area contributed by atoms with Crippen LogP contribution < -0.4 is 5.32 Å². The maximum atomic E-state index is 13.1. The molecule has 1 saturated heterocycles. The van der Waals surface area contributed by atoms with E-state index in [1.807, 2.05) is 0 Å². The zero-order chi connectivity index (χ0) is 18.9. The average Bonchev–Trinajstić information content (AvgIpc) is 2.67. The first-order valence-electron chi connectivity index (χ1n) is 9.13. The third kappa shape index (κ3) is 6.07. The third-order valence-corrected chi connectivity index (χ3v) is 4.57. The summed E-state index contributed by atoms with van der Waals surface area (Å²) in [5, 5.41) is 2.91. The molecule has 7 heteroatoms. The Morgan fingerprint density at radius 2 is 1.92 bits per heavy atom. The van der Waals surface area contributed by atoms with E-state index in [0.717, 1.165) is 38.4 Å². The summed E-state index contributed by atoms with van der Waals surface area (Å²) >= 11 is 0. The van der Waals surface area contributed by atoms with Crippen LogP contribution in [0.4, 0.5) is 4.39 Å². The number of amides is 2. The van der Waals surface area contributed by atoms with E-state index in [2.05, 4.69) is 10.2 Å². The van der Waals surface area contributed by atoms with Crippen LogP contribution in [0.15, 0.2) is 24.3 Å². The summed E-state index contributed by atoms with van der Waals surface area (Å²) < 4.78 is 18.4. The van der Waals surface area contributed by atoms with Gasteiger partial charge in [-0.1, -0.05) is 19.1 Å². The maximum Gasteiger partial charge on any atom is 0.242 e. The molecule has 6 nitrogen and oxygen atoms in total. The molecule has 2 amide bonds. The zero-order valence-electron chi connectivity index (χ0n) is 15.5. The summed E-state index contributed by atoms with van der Waals surface area (Å²) in [4.78, 5) is 28.6. The van der Waals surface area contributed by atoms with E-state index in [4.69, 9.17) is 4.74 Å². The van der Waals surface area contributed by atoms with Crippen LogP contribution >= 0.6 is 0 Å². The number of carbonyl (C=O) groups excluding carboxylic acids is 2. The molecule has 2 rings (SSSR count). The Morgan fingerprint density at radius 1 is 1.27 bits per heavy atom. The summed E-state index contributed by atoms with van der Waals surface area (Å²) in [7, 11) is 0. The van der Waals surface area contributed by atoms with Gasteiger partial charge in [0.05, 0.1) is 13.2 Å². The van der Waals surface area contributed by atoms with E-state index in [0.29, 0.717) is 13.0 Å². The van der Waals surface area contributed by atoms with E-state index in [1.165, 1.54) is 17.0 Å². The predicted octanol–water partition coefficient (Wildman–Crippen LogP) is 1.40. The maximum absolute atomic E-state index is 13.1. The highest BCUT2D eigenvalue weighted by atomic mass is 19.1. The Balaban J connectivity index is 1.89. The number of halogens is 1. The van der Waals surface area contributed by atoms with Crippen molar-refractivity contribution in [3.05, 3.63) is 35.6 Å². The summed E-state index contributed by atoms with van der Waals surface area (Å²) in [6, 6.07) is 5.40. The van der Waals surface area contributed by atoms with Crippen LogP contribution in [0.2, 0.25) is 0 Å². The van der Waals surface area contributed by atoms with Crippen LogP contribution in [0.3, 0.4) is 0 Å². The molecule has 0 saturated carbocycles. The largest absolute Gasteiger partial charge is 0.379 e. The molecule has 1 aromatic rings. The van der Waals surface area contributed by atoms with Gasteiger partial charge in [0.2, 0.25) is 11.8 Å². The number of nitrogens with one attached hydrogen (secondary N) is 1. The lowest BCUT2D eigenvalue weighted by Crippen LogP contribution is -2.49. The highest BCUT2D eigenvalue weighted by Crippen LogP contribution is 2.11. The molecule has 0 bridgehead atoms. The van der Waals surface area contributed by atoms with E-state index < -0.39 is 6.04 Å². The van der Waals surface area contributed by atoms with Gasteiger partial charge in [0.15, 0.2) is 0 Å². The van der Waals surface area contributed by atoms with Gasteiger partial charge in [-0.25, -0.2) is 4.39 Å². The topological polar surface area (TPSA) is 61.9 Å². The van der Waals surface area contributed by atoms with Crippen molar-refractivity contribution < 1.29 is 18.7 Å². The summed E-state index contributed by atoms with van der Waals surface area (Å²) in [6.07, 6.45) is 0.312. The number of carbonyl (C=O) groups is 2. The number of ether oxygens (including phenoxy) is 1. The first-order chi connectivity index (χ1) is 12.5. The van der Waals surface area contributed by atoms with Gasteiger partial charge in [-0.3, -0.25) is 14.5 Å². The standard InChI is InChI=1S/C19H28FN3O3/c1-3-18(24)23(14-16-4-6-17(20)7-5-16)15(2)19(25)21-8-9-22-10-12-26-13-11-22/h4-7,15H,3,8-14H2,1-2H3,(H,21,25). The molecule has 1 atom stereocenters. The number of hydrogen-bond donors (Lipinski definition) is 1. The second-order valence-electron chi connectivity index (χ2n) is 6.42. The lowest BCUT2D eigenvalue weighted by atomic mass is 10.1. The van der Waals surface area contributed by atoms with E-state index >= 15 is 0 Å². The van der Waals surface area contributed by atoms with Crippen LogP contribution in [0, 0.1) is 5.82 Å². The second kappa shape index (κ2) is 10.2. The lowest BCUT2D eigenvalue weighted by molar-refractivity contribution is -0.140. The molecule has 1 aliphatic rings. The van der Waals surface area contributed by atoms with Crippen molar-refractivity contribution in [3.8, 4) is 0 Å². The van der Waals surface area contributed by atoms with Gasteiger partial charge in [-0.2, -0.15) is 0 Å². The molecule has 1 unspecified atom stereocenters. The molecule has 0 radical (unpaired) electrons. The van der Waals surface area contributed by atoms with Gasteiger partial charge in [-0.05, 0) is 24.6 Å². The minimum absolute atomic E-state index is 0.106. The normalized spacial score (nSPS) is 16.1. The van der Waals surface area contributed by atoms with Gasteiger partial charge >= 0.3 is 0 Å². The number of hydrogen-bond acceptors (Lipinski definition) is 4. The lowest BCUT2D eigenvalue weighted by Gasteiger charge is -2.29. The van der Waals surface area contributed by atoms with Crippen molar-refractivity contribution in [2.24, 2.45) is 0 Å². The minimum Gasteiger partial charge on any atom is -0.379 e.